The van der Waals surface area contributed by atoms with Crippen LogP contribution in [0.1, 0.15) is 149 Å². The van der Waals surface area contributed by atoms with Crippen LogP contribution in [0.4, 0.5) is 0 Å². The van der Waals surface area contributed by atoms with Crippen molar-refractivity contribution in [2.45, 2.75) is 237 Å². The normalized spacial score (nSPS) is 27.6. The zero-order valence-corrected chi connectivity index (χ0v) is 53.6. The highest BCUT2D eigenvalue weighted by Gasteiger charge is 2.60. The molecule has 482 valence electrons. The first-order valence-corrected chi connectivity index (χ1v) is 29.2. The number of esters is 7. The predicted molar refractivity (Wildman–Crippen MR) is 307 cm³/mol. The second-order valence-electron chi connectivity index (χ2n) is 28.2. The molecular weight excluding hydrogens is 1120 g/mol. The first-order chi connectivity index (χ1) is 39.6. The third-order valence-corrected chi connectivity index (χ3v) is 13.7. The molecule has 22 nitrogen and oxygen atoms in total. The maximum Gasteiger partial charge on any atom is 0.311 e. The quantitative estimate of drug-likeness (QED) is 0.0969. The molecule has 86 heavy (non-hydrogen) atoms. The van der Waals surface area contributed by atoms with Gasteiger partial charge >= 0.3 is 41.8 Å². The molecule has 0 saturated carbocycles. The van der Waals surface area contributed by atoms with Gasteiger partial charge in [-0.05, 0) is 136 Å². The van der Waals surface area contributed by atoms with Crippen molar-refractivity contribution in [1.29, 1.82) is 0 Å². The van der Waals surface area contributed by atoms with Crippen LogP contribution in [0, 0.1) is 32.5 Å². The van der Waals surface area contributed by atoms with Gasteiger partial charge in [-0.15, -0.1) is 0 Å². The molecule has 1 N–H and O–H groups in total. The van der Waals surface area contributed by atoms with Crippen LogP contribution in [0.2, 0.25) is 0 Å². The Bertz CT molecular complexity index is 2580. The molecule has 0 bridgehead atoms. The van der Waals surface area contributed by atoms with Gasteiger partial charge in [-0.1, -0.05) is 60.7 Å². The second-order valence-corrected chi connectivity index (χ2v) is 28.2. The number of carbonyl (C=O) groups excluding carboxylic acids is 7. The molecule has 3 aliphatic rings. The summed E-state index contributed by atoms with van der Waals surface area (Å²) in [5, 5.41) is 11.9. The third-order valence-electron chi connectivity index (χ3n) is 13.7. The largest absolute Gasteiger partial charge is 0.463 e. The van der Waals surface area contributed by atoms with Crippen molar-refractivity contribution in [2.75, 3.05) is 19.8 Å². The van der Waals surface area contributed by atoms with E-state index in [0.29, 0.717) is 0 Å². The van der Waals surface area contributed by atoms with Crippen molar-refractivity contribution in [1.82, 2.24) is 0 Å². The van der Waals surface area contributed by atoms with Gasteiger partial charge in [0, 0.05) is 13.3 Å². The van der Waals surface area contributed by atoms with Crippen LogP contribution in [0.5, 0.6) is 0 Å². The van der Waals surface area contributed by atoms with Gasteiger partial charge in [0.05, 0.1) is 57.9 Å². The fourth-order valence-electron chi connectivity index (χ4n) is 8.47. The Morgan fingerprint density at radius 2 is 0.802 bits per heavy atom. The Balaban J connectivity index is 1.83. The van der Waals surface area contributed by atoms with Crippen LogP contribution in [0.15, 0.2) is 60.7 Å². The van der Waals surface area contributed by atoms with E-state index >= 15 is 0 Å². The summed E-state index contributed by atoms with van der Waals surface area (Å²) in [6.45, 7) is 28.3. The fraction of sp³-hybridized carbons (Fsp3) is 0.703. The molecule has 3 fully saturated rings. The maximum atomic E-state index is 14.7. The SMILES string of the molecule is CC(=O)OC[C@@H]1C[C@H](OCc2ccccc2)[C@@H](OCc2ccccc2)[C@@H](O[C@H]2[C@@H](OC(=O)C(C)(C)C)[C@@H](COC(=O)C(C)(C)C)O[C@@H](O[C@H]3[C@H](OC(=O)C(C)(C)C)[C@@H](OC(=O)C(C)(C)C)[C@H](O)O[C@@H]3COC(=O)C(C)(C)C)[C@@H]2OC(=O)C(C)(C)C)O1. The number of hydrogen-bond acceptors (Lipinski definition) is 22. The van der Waals surface area contributed by atoms with Gasteiger partial charge in [0.25, 0.3) is 0 Å². The summed E-state index contributed by atoms with van der Waals surface area (Å²) < 4.78 is 89.9. The second kappa shape index (κ2) is 29.2. The molecule has 0 spiro atoms. The Labute approximate surface area is 506 Å². The van der Waals surface area contributed by atoms with Crippen LogP contribution >= 0.6 is 0 Å². The highest BCUT2D eigenvalue weighted by atomic mass is 16.8. The molecule has 0 radical (unpaired) electrons. The standard InChI is InChI=1S/C64H94O22/c1-36(65)73-33-39-30-40(74-31-37-26-22-20-23-27-37)45(75-32-38-28-24-21-25-29-38)51(78-39)82-47-44(83-55(69)61(8,9)10)42(35-77-54(68)60(5,6)7)80-52(49(47)86-58(72)64(17,18)19)81-43-41(34-76-53(67)59(2,3)4)79-50(66)48(85-57(71)63(14,15)16)46(43)84-56(70)62(11,12)13/h20-29,39-52,66H,30-35H2,1-19H3/t39-,40-,41+,42+,43+,44-,45+,46-,47-,48+,49+,50+,51+,52-/m0/s1. The molecule has 3 aliphatic heterocycles. The van der Waals surface area contributed by atoms with Gasteiger partial charge in [0.1, 0.15) is 50.3 Å². The van der Waals surface area contributed by atoms with Gasteiger partial charge < -0.3 is 71.4 Å². The summed E-state index contributed by atoms with van der Waals surface area (Å²) in [6, 6.07) is 18.6. The zero-order chi connectivity index (χ0) is 64.5. The molecule has 2 aromatic rings. The average molecular weight is 1220 g/mol. The van der Waals surface area contributed by atoms with Gasteiger partial charge in [0.15, 0.2) is 43.3 Å². The number of hydrogen-bond donors (Lipinski definition) is 1. The Kier molecular flexibility index (Phi) is 24.1. The monoisotopic (exact) mass is 1210 g/mol. The molecule has 2 aromatic carbocycles. The van der Waals surface area contributed by atoms with E-state index < -0.39 is 174 Å². The van der Waals surface area contributed by atoms with E-state index in [4.69, 9.17) is 66.3 Å². The Morgan fingerprint density at radius 3 is 1.24 bits per heavy atom. The van der Waals surface area contributed by atoms with E-state index in [9.17, 15) is 38.7 Å². The molecule has 0 unspecified atom stereocenters. The summed E-state index contributed by atoms with van der Waals surface area (Å²) in [6.07, 6.45) is -22.6. The number of benzene rings is 2. The van der Waals surface area contributed by atoms with Crippen LogP contribution < -0.4 is 0 Å². The minimum atomic E-state index is -2.05. The highest BCUT2D eigenvalue weighted by molar-refractivity contribution is 5.78. The summed E-state index contributed by atoms with van der Waals surface area (Å²) in [5.41, 5.74) is -5.55. The van der Waals surface area contributed by atoms with Crippen LogP contribution in [-0.4, -0.2) is 153 Å². The molecule has 3 heterocycles. The van der Waals surface area contributed by atoms with Crippen molar-refractivity contribution < 1.29 is 105 Å². The number of rotatable bonds is 20. The van der Waals surface area contributed by atoms with Crippen LogP contribution in [0.3, 0.4) is 0 Å². The van der Waals surface area contributed by atoms with Crippen molar-refractivity contribution in [3.63, 3.8) is 0 Å². The van der Waals surface area contributed by atoms with Gasteiger partial charge in [-0.3, -0.25) is 33.6 Å². The zero-order valence-electron chi connectivity index (χ0n) is 53.6. The van der Waals surface area contributed by atoms with E-state index in [2.05, 4.69) is 0 Å². The average Bonchev–Trinajstić information content (AvgIpc) is 0.823. The molecule has 22 heteroatoms. The van der Waals surface area contributed by atoms with Crippen LogP contribution in [-0.2, 0) is 113 Å². The van der Waals surface area contributed by atoms with Crippen molar-refractivity contribution in [3.05, 3.63) is 71.8 Å². The van der Waals surface area contributed by atoms with Crippen molar-refractivity contribution in [3.8, 4) is 0 Å². The van der Waals surface area contributed by atoms with E-state index in [1.807, 2.05) is 60.7 Å². The van der Waals surface area contributed by atoms with Crippen molar-refractivity contribution in [2.24, 2.45) is 32.5 Å². The lowest BCUT2D eigenvalue weighted by molar-refractivity contribution is -0.379. The lowest BCUT2D eigenvalue weighted by Crippen LogP contribution is -2.68. The molecule has 0 amide bonds. The summed E-state index contributed by atoms with van der Waals surface area (Å²) in [4.78, 5) is 97.1. The summed E-state index contributed by atoms with van der Waals surface area (Å²) in [7, 11) is 0. The number of aliphatic hydroxyl groups excluding tert-OH is 1. The van der Waals surface area contributed by atoms with Crippen LogP contribution in [0.25, 0.3) is 0 Å². The molecular formula is C64H94O22. The van der Waals surface area contributed by atoms with E-state index in [0.717, 1.165) is 11.1 Å². The topological polar surface area (TPSA) is 269 Å². The van der Waals surface area contributed by atoms with Crippen molar-refractivity contribution >= 4 is 41.8 Å². The number of aliphatic hydroxyl groups is 1. The first kappa shape index (κ1) is 71.2. The number of ether oxygens (including phenoxy) is 14. The fourth-order valence-corrected chi connectivity index (χ4v) is 8.47. The minimum Gasteiger partial charge on any atom is -0.463 e. The number of carbonyl (C=O) groups is 7. The highest BCUT2D eigenvalue weighted by Crippen LogP contribution is 2.40. The smallest absolute Gasteiger partial charge is 0.311 e. The lowest BCUT2D eigenvalue weighted by atomic mass is 9.92. The third kappa shape index (κ3) is 20.5. The summed E-state index contributed by atoms with van der Waals surface area (Å²) in [5.74, 6) is -5.42. The Morgan fingerprint density at radius 1 is 0.419 bits per heavy atom. The van der Waals surface area contributed by atoms with Gasteiger partial charge in [-0.25, -0.2) is 0 Å². The molecule has 3 saturated heterocycles. The predicted octanol–water partition coefficient (Wildman–Crippen LogP) is 8.06. The first-order valence-electron chi connectivity index (χ1n) is 29.2. The molecule has 5 rings (SSSR count). The summed E-state index contributed by atoms with van der Waals surface area (Å²) >= 11 is 0. The maximum absolute atomic E-state index is 14.7. The Hall–Kier alpha value is -5.59. The minimum absolute atomic E-state index is 0.0192. The molecule has 14 atom stereocenters. The van der Waals surface area contributed by atoms with E-state index in [-0.39, 0.29) is 26.2 Å². The lowest BCUT2D eigenvalue weighted by Gasteiger charge is -2.50. The van der Waals surface area contributed by atoms with E-state index in [1.54, 1.807) is 125 Å². The van der Waals surface area contributed by atoms with Gasteiger partial charge in [-0.2, -0.15) is 0 Å². The van der Waals surface area contributed by atoms with E-state index in [1.165, 1.54) is 6.92 Å². The molecule has 0 aromatic heterocycles. The van der Waals surface area contributed by atoms with Gasteiger partial charge in [0.2, 0.25) is 0 Å². The molecule has 0 aliphatic carbocycles.